The predicted molar refractivity (Wildman–Crippen MR) is 49.9 cm³/mol. The van der Waals surface area contributed by atoms with Gasteiger partial charge in [-0.05, 0) is 6.42 Å². The van der Waals surface area contributed by atoms with Crippen LogP contribution in [0.25, 0.3) is 0 Å². The molecule has 0 spiro atoms. The molecule has 12 heavy (non-hydrogen) atoms. The van der Waals surface area contributed by atoms with Gasteiger partial charge in [0.1, 0.15) is 0 Å². The SMILES string of the molecule is CCCCCCC(C[C]=O)OC. The molecule has 0 amide bonds. The van der Waals surface area contributed by atoms with Crippen molar-refractivity contribution in [1.29, 1.82) is 0 Å². The van der Waals surface area contributed by atoms with E-state index >= 15 is 0 Å². The molecule has 1 unspecified atom stereocenters. The molecule has 0 aliphatic heterocycles. The third kappa shape index (κ3) is 6.35. The van der Waals surface area contributed by atoms with Gasteiger partial charge in [0.2, 0.25) is 6.29 Å². The van der Waals surface area contributed by atoms with Crippen molar-refractivity contribution in [3.8, 4) is 0 Å². The van der Waals surface area contributed by atoms with Gasteiger partial charge >= 0.3 is 0 Å². The molecule has 0 aliphatic carbocycles. The fraction of sp³-hybridized carbons (Fsp3) is 0.900. The van der Waals surface area contributed by atoms with E-state index in [1.807, 2.05) is 6.29 Å². The summed E-state index contributed by atoms with van der Waals surface area (Å²) in [6.45, 7) is 2.19. The van der Waals surface area contributed by atoms with E-state index in [0.717, 1.165) is 12.8 Å². The van der Waals surface area contributed by atoms with Crippen LogP contribution in [-0.4, -0.2) is 19.5 Å². The molecule has 0 aromatic carbocycles. The van der Waals surface area contributed by atoms with Crippen LogP contribution in [-0.2, 0) is 9.53 Å². The summed E-state index contributed by atoms with van der Waals surface area (Å²) in [4.78, 5) is 10.1. The van der Waals surface area contributed by atoms with Crippen LogP contribution < -0.4 is 0 Å². The Morgan fingerprint density at radius 3 is 2.58 bits per heavy atom. The molecule has 0 saturated heterocycles. The van der Waals surface area contributed by atoms with E-state index in [2.05, 4.69) is 6.92 Å². The second-order valence-electron chi connectivity index (χ2n) is 3.06. The van der Waals surface area contributed by atoms with Gasteiger partial charge in [0.15, 0.2) is 0 Å². The zero-order valence-corrected chi connectivity index (χ0v) is 8.14. The molecule has 0 N–H and O–H groups in total. The zero-order valence-electron chi connectivity index (χ0n) is 8.14. The van der Waals surface area contributed by atoms with E-state index in [9.17, 15) is 4.79 Å². The van der Waals surface area contributed by atoms with Crippen molar-refractivity contribution in [2.45, 2.75) is 51.6 Å². The van der Waals surface area contributed by atoms with Gasteiger partial charge in [-0.1, -0.05) is 32.6 Å². The average Bonchev–Trinajstić information content (AvgIpc) is 2.10. The van der Waals surface area contributed by atoms with Gasteiger partial charge in [-0.3, -0.25) is 4.79 Å². The van der Waals surface area contributed by atoms with Crippen LogP contribution >= 0.6 is 0 Å². The van der Waals surface area contributed by atoms with Gasteiger partial charge < -0.3 is 4.74 Å². The van der Waals surface area contributed by atoms with Gasteiger partial charge in [0.05, 0.1) is 6.10 Å². The minimum absolute atomic E-state index is 0.0966. The second kappa shape index (κ2) is 8.72. The highest BCUT2D eigenvalue weighted by Crippen LogP contribution is 2.09. The van der Waals surface area contributed by atoms with Crippen molar-refractivity contribution in [3.63, 3.8) is 0 Å². The molecule has 2 nitrogen and oxygen atoms in total. The van der Waals surface area contributed by atoms with Crippen LogP contribution in [0.4, 0.5) is 0 Å². The Morgan fingerprint density at radius 1 is 1.33 bits per heavy atom. The quantitative estimate of drug-likeness (QED) is 0.524. The van der Waals surface area contributed by atoms with Gasteiger partial charge in [-0.2, -0.15) is 0 Å². The van der Waals surface area contributed by atoms with Crippen LogP contribution in [0.1, 0.15) is 45.4 Å². The Balaban J connectivity index is 3.25. The van der Waals surface area contributed by atoms with Gasteiger partial charge in [-0.25, -0.2) is 0 Å². The van der Waals surface area contributed by atoms with E-state index in [1.54, 1.807) is 7.11 Å². The lowest BCUT2D eigenvalue weighted by Gasteiger charge is -2.10. The van der Waals surface area contributed by atoms with Crippen LogP contribution in [0.5, 0.6) is 0 Å². The van der Waals surface area contributed by atoms with Gasteiger partial charge in [0.25, 0.3) is 0 Å². The minimum Gasteiger partial charge on any atom is -0.381 e. The molecular formula is C10H19O2. The highest BCUT2D eigenvalue weighted by molar-refractivity contribution is 5.51. The van der Waals surface area contributed by atoms with E-state index in [1.165, 1.54) is 19.3 Å². The Labute approximate surface area is 75.3 Å². The minimum atomic E-state index is 0.0966. The second-order valence-corrected chi connectivity index (χ2v) is 3.06. The van der Waals surface area contributed by atoms with E-state index in [-0.39, 0.29) is 6.10 Å². The summed E-state index contributed by atoms with van der Waals surface area (Å²) >= 11 is 0. The molecule has 2 heteroatoms. The molecule has 0 aliphatic rings. The monoisotopic (exact) mass is 171 g/mol. The number of rotatable bonds is 8. The van der Waals surface area contributed by atoms with Crippen LogP contribution in [0, 0.1) is 0 Å². The summed E-state index contributed by atoms with van der Waals surface area (Å²) in [6.07, 6.45) is 8.32. The van der Waals surface area contributed by atoms with Crippen molar-refractivity contribution >= 4 is 6.29 Å². The van der Waals surface area contributed by atoms with E-state index in [4.69, 9.17) is 4.74 Å². The number of unbranched alkanes of at least 4 members (excludes halogenated alkanes) is 3. The van der Waals surface area contributed by atoms with Crippen molar-refractivity contribution < 1.29 is 9.53 Å². The van der Waals surface area contributed by atoms with Crippen LogP contribution in [0.15, 0.2) is 0 Å². The topological polar surface area (TPSA) is 26.3 Å². The molecule has 0 saturated carbocycles. The fourth-order valence-corrected chi connectivity index (χ4v) is 1.19. The largest absolute Gasteiger partial charge is 0.381 e. The fourth-order valence-electron chi connectivity index (χ4n) is 1.19. The molecule has 0 heterocycles. The number of hydrogen-bond acceptors (Lipinski definition) is 2. The third-order valence-electron chi connectivity index (χ3n) is 2.02. The van der Waals surface area contributed by atoms with Gasteiger partial charge in [0, 0.05) is 13.5 Å². The first-order valence-electron chi connectivity index (χ1n) is 4.73. The number of hydrogen-bond donors (Lipinski definition) is 0. The lowest BCUT2D eigenvalue weighted by Crippen LogP contribution is -2.10. The zero-order chi connectivity index (χ0) is 9.23. The summed E-state index contributed by atoms with van der Waals surface area (Å²) in [7, 11) is 1.65. The Kier molecular flexibility index (Phi) is 8.46. The van der Waals surface area contributed by atoms with Crippen molar-refractivity contribution in [1.82, 2.24) is 0 Å². The maximum Gasteiger partial charge on any atom is 0.201 e. The molecule has 0 bridgehead atoms. The molecule has 0 aromatic rings. The number of carbonyl (C=O) groups excluding carboxylic acids is 1. The Hall–Kier alpha value is -0.370. The first-order chi connectivity index (χ1) is 5.85. The van der Waals surface area contributed by atoms with Crippen molar-refractivity contribution in [2.75, 3.05) is 7.11 Å². The lowest BCUT2D eigenvalue weighted by molar-refractivity contribution is 0.0982. The van der Waals surface area contributed by atoms with Crippen molar-refractivity contribution in [3.05, 3.63) is 0 Å². The highest BCUT2D eigenvalue weighted by Gasteiger charge is 2.05. The van der Waals surface area contributed by atoms with Crippen LogP contribution in [0.3, 0.4) is 0 Å². The third-order valence-corrected chi connectivity index (χ3v) is 2.02. The standard InChI is InChI=1S/C10H19O2/c1-3-4-5-6-7-10(12-2)8-9-11/h10H,3-8H2,1-2H3. The number of ether oxygens (including phenoxy) is 1. The van der Waals surface area contributed by atoms with Gasteiger partial charge in [-0.15, -0.1) is 0 Å². The van der Waals surface area contributed by atoms with E-state index < -0.39 is 0 Å². The molecule has 1 atom stereocenters. The number of methoxy groups -OCH3 is 1. The summed E-state index contributed by atoms with van der Waals surface area (Å²) in [6, 6.07) is 0. The van der Waals surface area contributed by atoms with Crippen molar-refractivity contribution in [2.24, 2.45) is 0 Å². The maximum absolute atomic E-state index is 10.1. The molecule has 0 fully saturated rings. The molecule has 0 rings (SSSR count). The first-order valence-corrected chi connectivity index (χ1v) is 4.73. The summed E-state index contributed by atoms with van der Waals surface area (Å²) in [5.74, 6) is 0. The summed E-state index contributed by atoms with van der Waals surface area (Å²) < 4.78 is 5.11. The van der Waals surface area contributed by atoms with Crippen LogP contribution in [0.2, 0.25) is 0 Å². The van der Waals surface area contributed by atoms with E-state index in [0.29, 0.717) is 6.42 Å². The molecule has 71 valence electrons. The lowest BCUT2D eigenvalue weighted by atomic mass is 10.1. The highest BCUT2D eigenvalue weighted by atomic mass is 16.5. The average molecular weight is 171 g/mol. The summed E-state index contributed by atoms with van der Waals surface area (Å²) in [5.41, 5.74) is 0. The molecular weight excluding hydrogens is 152 g/mol. The normalized spacial score (nSPS) is 12.8. The Morgan fingerprint density at radius 2 is 2.08 bits per heavy atom. The predicted octanol–water partition coefficient (Wildman–Crippen LogP) is 2.47. The molecule has 0 aromatic heterocycles. The first kappa shape index (κ1) is 11.6. The molecule has 1 radical (unpaired) electrons. The Bertz CT molecular complexity index is 102. The summed E-state index contributed by atoms with van der Waals surface area (Å²) in [5, 5.41) is 0. The smallest absolute Gasteiger partial charge is 0.201 e. The maximum atomic E-state index is 10.1.